The summed E-state index contributed by atoms with van der Waals surface area (Å²) < 4.78 is 0. The van der Waals surface area contributed by atoms with E-state index in [1.54, 1.807) is 11.1 Å². The Morgan fingerprint density at radius 2 is 2.00 bits per heavy atom. The third kappa shape index (κ3) is 3.41. The zero-order valence-electron chi connectivity index (χ0n) is 8.28. The van der Waals surface area contributed by atoms with Crippen LogP contribution in [0.2, 0.25) is 0 Å². The van der Waals surface area contributed by atoms with Crippen LogP contribution in [0.4, 0.5) is 0 Å². The monoisotopic (exact) mass is 152 g/mol. The summed E-state index contributed by atoms with van der Waals surface area (Å²) in [4.78, 5) is 0. The molecule has 0 bridgehead atoms. The molecular formula is C11H20. The van der Waals surface area contributed by atoms with Gasteiger partial charge in [-0.1, -0.05) is 38.5 Å². The number of allylic oxidation sites excluding steroid dienone is 4. The van der Waals surface area contributed by atoms with Crippen LogP contribution in [0.3, 0.4) is 0 Å². The molecule has 0 fully saturated rings. The molecule has 0 N–H and O–H groups in total. The fourth-order valence-corrected chi connectivity index (χ4v) is 1.25. The van der Waals surface area contributed by atoms with Gasteiger partial charge in [0, 0.05) is 0 Å². The fraction of sp³-hybridized carbons (Fsp3) is 0.636. The quantitative estimate of drug-likeness (QED) is 0.531. The summed E-state index contributed by atoms with van der Waals surface area (Å²) >= 11 is 0. The highest BCUT2D eigenvalue weighted by molar-refractivity contribution is 5.27. The first-order valence-electron chi connectivity index (χ1n) is 4.69. The van der Waals surface area contributed by atoms with Gasteiger partial charge < -0.3 is 0 Å². The minimum Gasteiger partial charge on any atom is -0.0839 e. The second-order valence-corrected chi connectivity index (χ2v) is 2.60. The highest BCUT2D eigenvalue weighted by atomic mass is 14.1. The van der Waals surface area contributed by atoms with Crippen molar-refractivity contribution in [1.82, 2.24) is 0 Å². The van der Waals surface area contributed by atoms with Gasteiger partial charge in [-0.2, -0.15) is 0 Å². The van der Waals surface area contributed by atoms with Crippen LogP contribution in [-0.2, 0) is 0 Å². The molecule has 0 amide bonds. The molecule has 0 unspecified atom stereocenters. The van der Waals surface area contributed by atoms with E-state index in [0.29, 0.717) is 0 Å². The molecule has 0 heteroatoms. The Kier molecular flexibility index (Phi) is 5.91. The van der Waals surface area contributed by atoms with Gasteiger partial charge in [0.15, 0.2) is 0 Å². The predicted octanol–water partition coefficient (Wildman–Crippen LogP) is 4.09. The van der Waals surface area contributed by atoms with Crippen LogP contribution in [0.15, 0.2) is 23.3 Å². The van der Waals surface area contributed by atoms with Crippen LogP contribution in [0, 0.1) is 0 Å². The molecule has 0 heterocycles. The molecule has 0 radical (unpaired) electrons. The Morgan fingerprint density at radius 3 is 2.36 bits per heavy atom. The highest BCUT2D eigenvalue weighted by Gasteiger charge is 1.99. The van der Waals surface area contributed by atoms with Crippen molar-refractivity contribution in [2.75, 3.05) is 0 Å². The molecule has 0 aromatic heterocycles. The number of hydrogen-bond acceptors (Lipinski definition) is 0. The molecule has 0 saturated heterocycles. The van der Waals surface area contributed by atoms with Gasteiger partial charge in [0.25, 0.3) is 0 Å². The van der Waals surface area contributed by atoms with Crippen LogP contribution < -0.4 is 0 Å². The Hall–Kier alpha value is -0.520. The molecule has 11 heavy (non-hydrogen) atoms. The van der Waals surface area contributed by atoms with Crippen molar-refractivity contribution in [1.29, 1.82) is 0 Å². The SMILES string of the molecule is CC.CCC1=C(C)CCC=C1. The van der Waals surface area contributed by atoms with Gasteiger partial charge in [0.2, 0.25) is 0 Å². The highest BCUT2D eigenvalue weighted by Crippen LogP contribution is 2.19. The van der Waals surface area contributed by atoms with Crippen LogP contribution in [-0.4, -0.2) is 0 Å². The van der Waals surface area contributed by atoms with Crippen molar-refractivity contribution >= 4 is 0 Å². The summed E-state index contributed by atoms with van der Waals surface area (Å²) in [6, 6.07) is 0. The minimum absolute atomic E-state index is 1.20. The summed E-state index contributed by atoms with van der Waals surface area (Å²) in [7, 11) is 0. The first-order chi connectivity index (χ1) is 5.34. The number of hydrogen-bond donors (Lipinski definition) is 0. The molecular weight excluding hydrogens is 132 g/mol. The predicted molar refractivity (Wildman–Crippen MR) is 52.7 cm³/mol. The molecule has 0 atom stereocenters. The molecule has 0 spiro atoms. The lowest BCUT2D eigenvalue weighted by Gasteiger charge is -2.09. The Labute approximate surface area is 71.0 Å². The maximum Gasteiger partial charge on any atom is -0.0282 e. The van der Waals surface area contributed by atoms with Crippen LogP contribution in [0.5, 0.6) is 0 Å². The molecule has 0 aliphatic heterocycles. The van der Waals surface area contributed by atoms with Crippen molar-refractivity contribution in [3.63, 3.8) is 0 Å². The first kappa shape index (κ1) is 10.5. The zero-order chi connectivity index (χ0) is 8.69. The van der Waals surface area contributed by atoms with E-state index in [-0.39, 0.29) is 0 Å². The van der Waals surface area contributed by atoms with E-state index in [1.165, 1.54) is 19.3 Å². The van der Waals surface area contributed by atoms with Gasteiger partial charge in [0.05, 0.1) is 0 Å². The lowest BCUT2D eigenvalue weighted by atomic mass is 9.97. The van der Waals surface area contributed by atoms with E-state index < -0.39 is 0 Å². The largest absolute Gasteiger partial charge is 0.0839 e. The lowest BCUT2D eigenvalue weighted by molar-refractivity contribution is 0.913. The average Bonchev–Trinajstić information content (AvgIpc) is 2.09. The zero-order valence-corrected chi connectivity index (χ0v) is 8.28. The number of rotatable bonds is 1. The summed E-state index contributed by atoms with van der Waals surface area (Å²) in [6.45, 7) is 8.46. The smallest absolute Gasteiger partial charge is 0.0282 e. The Bertz CT molecular complexity index is 149. The minimum atomic E-state index is 1.20. The van der Waals surface area contributed by atoms with Gasteiger partial charge >= 0.3 is 0 Å². The van der Waals surface area contributed by atoms with Gasteiger partial charge in [-0.25, -0.2) is 0 Å². The van der Waals surface area contributed by atoms with Gasteiger partial charge in [-0.05, 0) is 31.8 Å². The summed E-state index contributed by atoms with van der Waals surface area (Å²) in [6.07, 6.45) is 8.25. The van der Waals surface area contributed by atoms with Crippen molar-refractivity contribution < 1.29 is 0 Å². The van der Waals surface area contributed by atoms with Crippen LogP contribution in [0.1, 0.15) is 47.0 Å². The van der Waals surface area contributed by atoms with Crippen molar-refractivity contribution in [3.05, 3.63) is 23.3 Å². The van der Waals surface area contributed by atoms with E-state index in [9.17, 15) is 0 Å². The van der Waals surface area contributed by atoms with Crippen LogP contribution in [0.25, 0.3) is 0 Å². The van der Waals surface area contributed by atoms with E-state index >= 15 is 0 Å². The molecule has 1 aliphatic carbocycles. The van der Waals surface area contributed by atoms with Gasteiger partial charge in [-0.3, -0.25) is 0 Å². The summed E-state index contributed by atoms with van der Waals surface area (Å²) in [5.74, 6) is 0. The van der Waals surface area contributed by atoms with Crippen LogP contribution >= 0.6 is 0 Å². The second-order valence-electron chi connectivity index (χ2n) is 2.60. The van der Waals surface area contributed by atoms with Crippen molar-refractivity contribution in [3.8, 4) is 0 Å². The average molecular weight is 152 g/mol. The normalized spacial score (nSPS) is 16.0. The molecule has 0 nitrogen and oxygen atoms in total. The standard InChI is InChI=1S/C9H14.C2H6/c1-3-9-7-5-4-6-8(9)2;1-2/h5,7H,3-4,6H2,1-2H3;1-2H3. The summed E-state index contributed by atoms with van der Waals surface area (Å²) in [5.41, 5.74) is 3.13. The fourth-order valence-electron chi connectivity index (χ4n) is 1.25. The topological polar surface area (TPSA) is 0 Å². The van der Waals surface area contributed by atoms with E-state index in [1.807, 2.05) is 13.8 Å². The molecule has 0 saturated carbocycles. The molecule has 0 aromatic rings. The maximum absolute atomic E-state index is 2.27. The third-order valence-corrected chi connectivity index (χ3v) is 1.93. The maximum atomic E-state index is 2.27. The van der Waals surface area contributed by atoms with Crippen molar-refractivity contribution in [2.45, 2.75) is 47.0 Å². The molecule has 1 rings (SSSR count). The van der Waals surface area contributed by atoms with E-state index in [4.69, 9.17) is 0 Å². The van der Waals surface area contributed by atoms with Gasteiger partial charge in [0.1, 0.15) is 0 Å². The molecule has 0 aromatic carbocycles. The van der Waals surface area contributed by atoms with E-state index in [2.05, 4.69) is 26.0 Å². The molecule has 64 valence electrons. The Morgan fingerprint density at radius 1 is 1.36 bits per heavy atom. The van der Waals surface area contributed by atoms with E-state index in [0.717, 1.165) is 0 Å². The lowest BCUT2D eigenvalue weighted by Crippen LogP contribution is -1.89. The van der Waals surface area contributed by atoms with Crippen molar-refractivity contribution in [2.24, 2.45) is 0 Å². The Balaban J connectivity index is 0.000000461. The third-order valence-electron chi connectivity index (χ3n) is 1.93. The first-order valence-corrected chi connectivity index (χ1v) is 4.69. The summed E-state index contributed by atoms with van der Waals surface area (Å²) in [5, 5.41) is 0. The second kappa shape index (κ2) is 6.21. The molecule has 1 aliphatic rings. The van der Waals surface area contributed by atoms with Gasteiger partial charge in [-0.15, -0.1) is 0 Å².